The summed E-state index contributed by atoms with van der Waals surface area (Å²) >= 11 is 0. The first-order valence-corrected chi connectivity index (χ1v) is 11.4. The summed E-state index contributed by atoms with van der Waals surface area (Å²) in [5, 5.41) is 5.91. The molecule has 0 atom stereocenters. The zero-order chi connectivity index (χ0) is 24.3. The third kappa shape index (κ3) is 5.05. The Morgan fingerprint density at radius 3 is 2.59 bits per heavy atom. The maximum absolute atomic E-state index is 13.4. The van der Waals surface area contributed by atoms with E-state index >= 15 is 0 Å². The summed E-state index contributed by atoms with van der Waals surface area (Å²) in [6.07, 6.45) is 9.92. The average molecular weight is 463 g/mol. The standard InChI is InChI=1S/C24H30N8O2/c1-24(2)9-4-10-32(24)23(34)20(25)19(13-26-3)31-22(33)21-18(29-16-11-27-14-28-12-16)8-7-17(30-21)15-5-6-15/h7-8,11-15,29H,4-6,9-10,25H2,1-3H3,(H,31,33). The third-order valence-electron chi connectivity index (χ3n) is 6.14. The Morgan fingerprint density at radius 1 is 1.24 bits per heavy atom. The highest BCUT2D eigenvalue weighted by Crippen LogP contribution is 2.39. The molecule has 0 bridgehead atoms. The summed E-state index contributed by atoms with van der Waals surface area (Å²) in [6, 6.07) is 3.74. The zero-order valence-electron chi connectivity index (χ0n) is 19.7. The molecule has 2 aromatic rings. The van der Waals surface area contributed by atoms with Crippen molar-refractivity contribution in [2.24, 2.45) is 10.7 Å². The summed E-state index contributed by atoms with van der Waals surface area (Å²) in [4.78, 5) is 44.9. The van der Waals surface area contributed by atoms with Crippen molar-refractivity contribution in [3.8, 4) is 0 Å². The smallest absolute Gasteiger partial charge is 0.276 e. The number of carbonyl (C=O) groups excluding carboxylic acids is 2. The van der Waals surface area contributed by atoms with Crippen LogP contribution in [0.5, 0.6) is 0 Å². The molecule has 1 aliphatic carbocycles. The molecule has 1 saturated carbocycles. The maximum atomic E-state index is 13.4. The van der Waals surface area contributed by atoms with Crippen molar-refractivity contribution >= 4 is 29.4 Å². The number of pyridine rings is 1. The Morgan fingerprint density at radius 2 is 1.97 bits per heavy atom. The SMILES string of the molecule is CN=CC(NC(=O)c1nc(C2CC2)ccc1Nc1cncnc1)=C(N)C(=O)N1CCCC1(C)C. The lowest BCUT2D eigenvalue weighted by Crippen LogP contribution is -2.46. The molecule has 178 valence electrons. The van der Waals surface area contributed by atoms with Crippen molar-refractivity contribution in [2.45, 2.75) is 51.0 Å². The first-order valence-electron chi connectivity index (χ1n) is 11.4. The second kappa shape index (κ2) is 9.58. The molecule has 1 saturated heterocycles. The molecule has 0 aromatic carbocycles. The minimum atomic E-state index is -0.492. The van der Waals surface area contributed by atoms with Crippen LogP contribution in [0, 0.1) is 0 Å². The summed E-state index contributed by atoms with van der Waals surface area (Å²) in [5.74, 6) is -0.456. The van der Waals surface area contributed by atoms with Gasteiger partial charge >= 0.3 is 0 Å². The van der Waals surface area contributed by atoms with Gasteiger partial charge in [-0.3, -0.25) is 14.6 Å². The molecule has 0 unspecified atom stereocenters. The van der Waals surface area contributed by atoms with Gasteiger partial charge in [-0.25, -0.2) is 15.0 Å². The second-order valence-electron chi connectivity index (χ2n) is 9.20. The predicted molar refractivity (Wildman–Crippen MR) is 130 cm³/mol. The Balaban J connectivity index is 1.64. The van der Waals surface area contributed by atoms with E-state index in [-0.39, 0.29) is 28.5 Å². The van der Waals surface area contributed by atoms with Crippen LogP contribution in [0.2, 0.25) is 0 Å². The molecule has 2 amide bonds. The summed E-state index contributed by atoms with van der Waals surface area (Å²) in [5.41, 5.74) is 8.21. The summed E-state index contributed by atoms with van der Waals surface area (Å²) in [7, 11) is 1.55. The fourth-order valence-corrected chi connectivity index (χ4v) is 4.10. The van der Waals surface area contributed by atoms with Crippen molar-refractivity contribution in [3.05, 3.63) is 53.6 Å². The lowest BCUT2D eigenvalue weighted by molar-refractivity contribution is -0.130. The molecule has 0 radical (unpaired) electrons. The lowest BCUT2D eigenvalue weighted by atomic mass is 10.0. The molecule has 10 heteroatoms. The first-order chi connectivity index (χ1) is 16.3. The molecule has 4 rings (SSSR count). The fraction of sp³-hybridized carbons (Fsp3) is 0.417. The number of anilines is 2. The number of carbonyl (C=O) groups is 2. The predicted octanol–water partition coefficient (Wildman–Crippen LogP) is 2.49. The molecular formula is C24H30N8O2. The van der Waals surface area contributed by atoms with E-state index in [1.807, 2.05) is 26.0 Å². The molecule has 2 fully saturated rings. The van der Waals surface area contributed by atoms with Crippen molar-refractivity contribution in [2.75, 3.05) is 18.9 Å². The molecule has 34 heavy (non-hydrogen) atoms. The van der Waals surface area contributed by atoms with Gasteiger partial charge in [-0.1, -0.05) is 0 Å². The number of nitrogens with one attached hydrogen (secondary N) is 2. The van der Waals surface area contributed by atoms with E-state index < -0.39 is 5.91 Å². The first kappa shape index (κ1) is 23.3. The second-order valence-corrected chi connectivity index (χ2v) is 9.20. The Bertz CT molecular complexity index is 1140. The molecule has 10 nitrogen and oxygen atoms in total. The number of aliphatic imine (C=N–C) groups is 1. The van der Waals surface area contributed by atoms with Gasteiger partial charge in [-0.05, 0) is 51.7 Å². The average Bonchev–Trinajstić information content (AvgIpc) is 3.61. The van der Waals surface area contributed by atoms with E-state index in [2.05, 4.69) is 30.6 Å². The number of nitrogens with zero attached hydrogens (tertiary/aromatic N) is 5. The number of nitrogens with two attached hydrogens (primary N) is 1. The van der Waals surface area contributed by atoms with Gasteiger partial charge in [0, 0.05) is 37.0 Å². The number of hydrogen-bond donors (Lipinski definition) is 3. The number of hydrogen-bond acceptors (Lipinski definition) is 8. The highest BCUT2D eigenvalue weighted by Gasteiger charge is 2.37. The van der Waals surface area contributed by atoms with Gasteiger partial charge in [0.25, 0.3) is 11.8 Å². The van der Waals surface area contributed by atoms with Gasteiger partial charge in [0.2, 0.25) is 0 Å². The summed E-state index contributed by atoms with van der Waals surface area (Å²) < 4.78 is 0. The summed E-state index contributed by atoms with van der Waals surface area (Å²) in [6.45, 7) is 4.64. The Kier molecular flexibility index (Phi) is 6.58. The zero-order valence-corrected chi connectivity index (χ0v) is 19.7. The monoisotopic (exact) mass is 462 g/mol. The van der Waals surface area contributed by atoms with Crippen molar-refractivity contribution in [3.63, 3.8) is 0 Å². The topological polar surface area (TPSA) is 138 Å². The van der Waals surface area contributed by atoms with Crippen molar-refractivity contribution in [1.82, 2.24) is 25.2 Å². The van der Waals surface area contributed by atoms with Crippen LogP contribution in [-0.4, -0.2) is 57.0 Å². The normalized spacial score (nSPS) is 18.0. The highest BCUT2D eigenvalue weighted by atomic mass is 16.2. The van der Waals surface area contributed by atoms with E-state index in [1.54, 1.807) is 24.3 Å². The number of rotatable bonds is 7. The molecule has 3 heterocycles. The number of allylic oxidation sites excluding steroid dienone is 1. The molecule has 2 aromatic heterocycles. The molecule has 4 N–H and O–H groups in total. The fourth-order valence-electron chi connectivity index (χ4n) is 4.10. The number of aromatic nitrogens is 3. The minimum absolute atomic E-state index is 0.0572. The lowest BCUT2D eigenvalue weighted by Gasteiger charge is -2.32. The van der Waals surface area contributed by atoms with E-state index in [0.717, 1.165) is 31.4 Å². The molecular weight excluding hydrogens is 432 g/mol. The van der Waals surface area contributed by atoms with Crippen LogP contribution >= 0.6 is 0 Å². The largest absolute Gasteiger partial charge is 0.393 e. The number of amides is 2. The van der Waals surface area contributed by atoms with Crippen molar-refractivity contribution < 1.29 is 9.59 Å². The van der Waals surface area contributed by atoms with Gasteiger partial charge in [0.05, 0.1) is 29.5 Å². The van der Waals surface area contributed by atoms with E-state index in [9.17, 15) is 9.59 Å². The van der Waals surface area contributed by atoms with Gasteiger partial charge in [0.1, 0.15) is 12.0 Å². The quantitative estimate of drug-likeness (QED) is 0.424. The van der Waals surface area contributed by atoms with Crippen LogP contribution < -0.4 is 16.4 Å². The third-order valence-corrected chi connectivity index (χ3v) is 6.14. The van der Waals surface area contributed by atoms with Gasteiger partial charge in [-0.2, -0.15) is 0 Å². The number of likely N-dealkylation sites (tertiary alicyclic amines) is 1. The van der Waals surface area contributed by atoms with Crippen LogP contribution in [0.1, 0.15) is 61.6 Å². The van der Waals surface area contributed by atoms with Crippen LogP contribution in [0.15, 0.2) is 47.2 Å². The van der Waals surface area contributed by atoms with Crippen LogP contribution in [0.3, 0.4) is 0 Å². The van der Waals surface area contributed by atoms with E-state index in [1.165, 1.54) is 12.5 Å². The van der Waals surface area contributed by atoms with Crippen molar-refractivity contribution in [1.29, 1.82) is 0 Å². The Labute approximate surface area is 198 Å². The van der Waals surface area contributed by atoms with Crippen LogP contribution in [-0.2, 0) is 4.79 Å². The molecule has 1 aliphatic heterocycles. The maximum Gasteiger partial charge on any atom is 0.276 e. The minimum Gasteiger partial charge on any atom is -0.393 e. The molecule has 0 spiro atoms. The van der Waals surface area contributed by atoms with Gasteiger partial charge in [-0.15, -0.1) is 0 Å². The van der Waals surface area contributed by atoms with E-state index in [0.29, 0.717) is 23.8 Å². The Hall–Kier alpha value is -3.82. The van der Waals surface area contributed by atoms with Gasteiger partial charge in [0.15, 0.2) is 5.69 Å². The molecule has 2 aliphatic rings. The van der Waals surface area contributed by atoms with Gasteiger partial charge < -0.3 is 21.3 Å². The van der Waals surface area contributed by atoms with Crippen LogP contribution in [0.25, 0.3) is 0 Å². The van der Waals surface area contributed by atoms with E-state index in [4.69, 9.17) is 5.73 Å². The van der Waals surface area contributed by atoms with Crippen LogP contribution in [0.4, 0.5) is 11.4 Å². The highest BCUT2D eigenvalue weighted by molar-refractivity contribution is 6.05.